The highest BCUT2D eigenvalue weighted by Crippen LogP contribution is 2.36. The number of hydrogen-bond acceptors (Lipinski definition) is 9. The van der Waals surface area contributed by atoms with Gasteiger partial charge in [-0.05, 0) is 44.2 Å². The number of aryl methyl sites for hydroxylation is 1. The fourth-order valence-corrected chi connectivity index (χ4v) is 4.49. The zero-order chi connectivity index (χ0) is 31.8. The van der Waals surface area contributed by atoms with Crippen LogP contribution in [0.3, 0.4) is 0 Å². The number of nitrogens with zero attached hydrogens (tertiary/aromatic N) is 7. The van der Waals surface area contributed by atoms with Crippen molar-refractivity contribution in [2.75, 3.05) is 19.8 Å². The fourth-order valence-electron chi connectivity index (χ4n) is 4.49. The SMILES string of the molecule is Cc1nc([C@H](C)NC(=O)c2cc(C(F)(F)F)cc(C(F)(F)F)c2)n(-c2ccc(C(=O)N3CCOCC3c3ncno3)cn2)n1. The van der Waals surface area contributed by atoms with E-state index in [-0.39, 0.29) is 54.0 Å². The lowest BCUT2D eigenvalue weighted by atomic mass is 10.0. The standard InChI is InChI=1S/C26H22F6N8O4/c1-13(36-22(41)16-7-17(25(27,28)29)9-18(8-16)26(30,31)32)21-37-14(2)38-40(21)20-4-3-15(10-33-20)24(42)39-5-6-43-11-19(39)23-34-12-35-44-23/h3-4,7-10,12-13,19H,5-6,11H2,1-2H3,(H,36,41)/t13-,19?/m0/s1. The van der Waals surface area contributed by atoms with E-state index in [1.165, 1.54) is 48.1 Å². The number of ether oxygens (including phenoxy) is 1. The first-order valence-corrected chi connectivity index (χ1v) is 12.9. The molecule has 1 aromatic carbocycles. The van der Waals surface area contributed by atoms with Crippen molar-refractivity contribution in [1.29, 1.82) is 0 Å². The van der Waals surface area contributed by atoms with Crippen LogP contribution in [0.25, 0.3) is 5.82 Å². The summed E-state index contributed by atoms with van der Waals surface area (Å²) in [5.41, 5.74) is -3.87. The Morgan fingerprint density at radius 2 is 1.73 bits per heavy atom. The van der Waals surface area contributed by atoms with E-state index in [1.807, 2.05) is 0 Å². The number of rotatable bonds is 6. The minimum Gasteiger partial charge on any atom is -0.377 e. The van der Waals surface area contributed by atoms with E-state index >= 15 is 0 Å². The van der Waals surface area contributed by atoms with Crippen molar-refractivity contribution in [2.45, 2.75) is 38.3 Å². The average Bonchev–Trinajstić information content (AvgIpc) is 3.66. The number of carbonyl (C=O) groups is 2. The number of halogens is 6. The van der Waals surface area contributed by atoms with Gasteiger partial charge in [0.15, 0.2) is 18.0 Å². The summed E-state index contributed by atoms with van der Waals surface area (Å²) >= 11 is 0. The lowest BCUT2D eigenvalue weighted by Gasteiger charge is -2.33. The van der Waals surface area contributed by atoms with Crippen LogP contribution in [0.4, 0.5) is 26.3 Å². The molecule has 0 aliphatic carbocycles. The number of hydrogen-bond donors (Lipinski definition) is 1. The van der Waals surface area contributed by atoms with Crippen LogP contribution in [0.1, 0.15) is 68.4 Å². The minimum absolute atomic E-state index is 0.0649. The van der Waals surface area contributed by atoms with Gasteiger partial charge in [0.05, 0.1) is 35.9 Å². The third kappa shape index (κ3) is 6.38. The van der Waals surface area contributed by atoms with Crippen molar-refractivity contribution in [3.05, 3.63) is 82.6 Å². The van der Waals surface area contributed by atoms with Gasteiger partial charge < -0.3 is 19.5 Å². The molecule has 2 atom stereocenters. The average molecular weight is 625 g/mol. The molecule has 12 nitrogen and oxygen atoms in total. The van der Waals surface area contributed by atoms with Crippen molar-refractivity contribution >= 4 is 11.8 Å². The van der Waals surface area contributed by atoms with Crippen LogP contribution in [-0.4, -0.2) is 66.4 Å². The number of alkyl halides is 6. The van der Waals surface area contributed by atoms with E-state index in [0.29, 0.717) is 18.7 Å². The van der Waals surface area contributed by atoms with Crippen LogP contribution in [0.2, 0.25) is 0 Å². The smallest absolute Gasteiger partial charge is 0.377 e. The summed E-state index contributed by atoms with van der Waals surface area (Å²) in [4.78, 5) is 40.2. The molecule has 1 unspecified atom stereocenters. The molecule has 1 fully saturated rings. The van der Waals surface area contributed by atoms with Crippen LogP contribution >= 0.6 is 0 Å². The molecule has 1 aliphatic heterocycles. The van der Waals surface area contributed by atoms with E-state index in [0.717, 1.165) is 0 Å². The monoisotopic (exact) mass is 624 g/mol. The summed E-state index contributed by atoms with van der Waals surface area (Å²) < 4.78 is 91.4. The van der Waals surface area contributed by atoms with E-state index in [1.54, 1.807) is 0 Å². The molecule has 4 heterocycles. The minimum atomic E-state index is -5.12. The van der Waals surface area contributed by atoms with Crippen molar-refractivity contribution in [2.24, 2.45) is 0 Å². The third-order valence-corrected chi connectivity index (χ3v) is 6.59. The lowest BCUT2D eigenvalue weighted by molar-refractivity contribution is -0.143. The molecule has 1 saturated heterocycles. The molecule has 44 heavy (non-hydrogen) atoms. The highest BCUT2D eigenvalue weighted by molar-refractivity contribution is 5.95. The van der Waals surface area contributed by atoms with Gasteiger partial charge in [0.25, 0.3) is 17.7 Å². The molecule has 0 spiro atoms. The summed E-state index contributed by atoms with van der Waals surface area (Å²) in [7, 11) is 0. The van der Waals surface area contributed by atoms with Gasteiger partial charge >= 0.3 is 12.4 Å². The number of benzene rings is 1. The first kappa shape index (κ1) is 30.6. The number of pyridine rings is 1. The van der Waals surface area contributed by atoms with Gasteiger partial charge in [0.1, 0.15) is 11.9 Å². The van der Waals surface area contributed by atoms with E-state index < -0.39 is 47.0 Å². The van der Waals surface area contributed by atoms with Crippen molar-refractivity contribution in [1.82, 2.24) is 40.1 Å². The Kier molecular flexibility index (Phi) is 8.11. The molecular weight excluding hydrogens is 602 g/mol. The fraction of sp³-hybridized carbons (Fsp3) is 0.346. The van der Waals surface area contributed by atoms with E-state index in [2.05, 4.69) is 30.5 Å². The summed E-state index contributed by atoms with van der Waals surface area (Å²) in [5.74, 6) is -0.887. The highest BCUT2D eigenvalue weighted by Gasteiger charge is 2.38. The molecule has 1 aliphatic rings. The number of morpholine rings is 1. The lowest BCUT2D eigenvalue weighted by Crippen LogP contribution is -2.43. The Bertz CT molecular complexity index is 1620. The predicted octanol–water partition coefficient (Wildman–Crippen LogP) is 4.10. The van der Waals surface area contributed by atoms with Crippen LogP contribution in [0.5, 0.6) is 0 Å². The number of amides is 2. The van der Waals surface area contributed by atoms with E-state index in [9.17, 15) is 35.9 Å². The first-order valence-electron chi connectivity index (χ1n) is 12.9. The molecule has 1 N–H and O–H groups in total. The van der Waals surface area contributed by atoms with Crippen LogP contribution in [-0.2, 0) is 17.1 Å². The van der Waals surface area contributed by atoms with Gasteiger partial charge in [-0.2, -0.15) is 36.0 Å². The first-order chi connectivity index (χ1) is 20.7. The zero-order valence-corrected chi connectivity index (χ0v) is 22.8. The molecule has 18 heteroatoms. The molecule has 3 aromatic heterocycles. The second kappa shape index (κ2) is 11.7. The quantitative estimate of drug-likeness (QED) is 0.314. The zero-order valence-electron chi connectivity index (χ0n) is 22.8. The molecule has 232 valence electrons. The van der Waals surface area contributed by atoms with Crippen LogP contribution < -0.4 is 5.32 Å². The van der Waals surface area contributed by atoms with Gasteiger partial charge in [-0.25, -0.2) is 9.97 Å². The maximum atomic E-state index is 13.3. The van der Waals surface area contributed by atoms with E-state index in [4.69, 9.17) is 9.26 Å². The second-order valence-electron chi connectivity index (χ2n) is 9.69. The Balaban J connectivity index is 1.37. The summed E-state index contributed by atoms with van der Waals surface area (Å²) in [5, 5.41) is 10.2. The Labute approximate surface area is 244 Å². The van der Waals surface area contributed by atoms with Crippen molar-refractivity contribution in [3.63, 3.8) is 0 Å². The molecule has 0 radical (unpaired) electrons. The van der Waals surface area contributed by atoms with Crippen molar-refractivity contribution < 1.29 is 45.2 Å². The largest absolute Gasteiger partial charge is 0.416 e. The molecule has 5 rings (SSSR count). The third-order valence-electron chi connectivity index (χ3n) is 6.59. The predicted molar refractivity (Wildman–Crippen MR) is 135 cm³/mol. The number of nitrogens with one attached hydrogen (secondary N) is 1. The summed E-state index contributed by atoms with van der Waals surface area (Å²) in [6.45, 7) is 3.66. The van der Waals surface area contributed by atoms with Gasteiger partial charge in [-0.3, -0.25) is 9.59 Å². The van der Waals surface area contributed by atoms with Gasteiger partial charge in [-0.1, -0.05) is 5.16 Å². The molecule has 0 saturated carbocycles. The Morgan fingerprint density at radius 3 is 2.32 bits per heavy atom. The Hall–Kier alpha value is -4.87. The second-order valence-corrected chi connectivity index (χ2v) is 9.69. The van der Waals surface area contributed by atoms with Crippen molar-refractivity contribution in [3.8, 4) is 5.82 Å². The van der Waals surface area contributed by atoms with Gasteiger partial charge in [0.2, 0.25) is 0 Å². The molecule has 4 aromatic rings. The number of carbonyl (C=O) groups excluding carboxylic acids is 2. The highest BCUT2D eigenvalue weighted by atomic mass is 19.4. The maximum absolute atomic E-state index is 13.3. The van der Waals surface area contributed by atoms with Gasteiger partial charge in [-0.15, -0.1) is 5.10 Å². The molecular formula is C26H22F6N8O4. The molecule has 2 amide bonds. The summed E-state index contributed by atoms with van der Waals surface area (Å²) in [6, 6.07) is 1.91. The Morgan fingerprint density at radius 1 is 1.02 bits per heavy atom. The van der Waals surface area contributed by atoms with Crippen LogP contribution in [0.15, 0.2) is 47.4 Å². The normalized spacial score (nSPS) is 16.5. The maximum Gasteiger partial charge on any atom is 0.416 e. The van der Waals surface area contributed by atoms with Crippen LogP contribution in [0, 0.1) is 6.92 Å². The topological polar surface area (TPSA) is 141 Å². The van der Waals surface area contributed by atoms with Gasteiger partial charge in [0, 0.05) is 18.3 Å². The summed E-state index contributed by atoms with van der Waals surface area (Å²) in [6.07, 6.45) is -7.73. The molecule has 0 bridgehead atoms. The number of aromatic nitrogens is 6.